The number of rotatable bonds is 5. The topological polar surface area (TPSA) is 24.5 Å². The Kier molecular flexibility index (Phi) is 4.42. The summed E-state index contributed by atoms with van der Waals surface area (Å²) >= 11 is 0. The molecule has 0 radical (unpaired) electrons. The van der Waals surface area contributed by atoms with Crippen molar-refractivity contribution in [2.75, 3.05) is 26.5 Å². The van der Waals surface area contributed by atoms with Crippen LogP contribution in [0.15, 0.2) is 48.5 Å². The molecular weight excluding hydrogens is 236 g/mol. The molecule has 1 N–H and O–H groups in total. The fourth-order valence-corrected chi connectivity index (χ4v) is 1.95. The molecule has 3 heteroatoms. The van der Waals surface area contributed by atoms with Crippen LogP contribution < -0.4 is 10.1 Å². The molecule has 100 valence electrons. The van der Waals surface area contributed by atoms with E-state index in [2.05, 4.69) is 42.5 Å². The summed E-state index contributed by atoms with van der Waals surface area (Å²) in [5.74, 6) is 0.868. The van der Waals surface area contributed by atoms with Crippen molar-refractivity contribution in [1.82, 2.24) is 4.90 Å². The first-order valence-corrected chi connectivity index (χ1v) is 6.33. The highest BCUT2D eigenvalue weighted by Gasteiger charge is 2.03. The number of benzene rings is 2. The number of methoxy groups -OCH3 is 1. The van der Waals surface area contributed by atoms with Crippen molar-refractivity contribution in [2.24, 2.45) is 0 Å². The van der Waals surface area contributed by atoms with Gasteiger partial charge in [0, 0.05) is 17.9 Å². The molecule has 2 rings (SSSR count). The minimum absolute atomic E-state index is 0.868. The zero-order valence-corrected chi connectivity index (χ0v) is 11.7. The molecule has 0 bridgehead atoms. The second kappa shape index (κ2) is 6.25. The van der Waals surface area contributed by atoms with Gasteiger partial charge in [-0.3, -0.25) is 0 Å². The maximum atomic E-state index is 5.16. The molecule has 0 amide bonds. The van der Waals surface area contributed by atoms with Gasteiger partial charge >= 0.3 is 0 Å². The van der Waals surface area contributed by atoms with E-state index in [1.807, 2.05) is 30.3 Å². The van der Waals surface area contributed by atoms with Gasteiger partial charge in [0.2, 0.25) is 0 Å². The van der Waals surface area contributed by atoms with Gasteiger partial charge in [-0.25, -0.2) is 0 Å². The van der Waals surface area contributed by atoms with Gasteiger partial charge in [0.25, 0.3) is 0 Å². The third kappa shape index (κ3) is 3.73. The number of ether oxygens (including phenoxy) is 1. The van der Waals surface area contributed by atoms with E-state index in [0.29, 0.717) is 0 Å². The summed E-state index contributed by atoms with van der Waals surface area (Å²) in [6.07, 6.45) is 0. The van der Waals surface area contributed by atoms with Crippen LogP contribution in [-0.4, -0.2) is 26.1 Å². The van der Waals surface area contributed by atoms with Crippen molar-refractivity contribution in [2.45, 2.75) is 6.54 Å². The van der Waals surface area contributed by atoms with Crippen LogP contribution in [0.25, 0.3) is 0 Å². The molecule has 0 saturated heterocycles. The van der Waals surface area contributed by atoms with Crippen molar-refractivity contribution in [3.63, 3.8) is 0 Å². The molecule has 2 aromatic carbocycles. The summed E-state index contributed by atoms with van der Waals surface area (Å²) in [6, 6.07) is 16.3. The quantitative estimate of drug-likeness (QED) is 0.886. The second-order valence-electron chi connectivity index (χ2n) is 4.75. The molecule has 0 aliphatic carbocycles. The average molecular weight is 256 g/mol. The number of hydrogen-bond donors (Lipinski definition) is 1. The lowest BCUT2D eigenvalue weighted by Crippen LogP contribution is -2.12. The highest BCUT2D eigenvalue weighted by Crippen LogP contribution is 2.23. The smallest absolute Gasteiger partial charge is 0.119 e. The molecule has 19 heavy (non-hydrogen) atoms. The van der Waals surface area contributed by atoms with E-state index < -0.39 is 0 Å². The highest BCUT2D eigenvalue weighted by molar-refractivity contribution is 5.63. The zero-order valence-electron chi connectivity index (χ0n) is 11.7. The van der Waals surface area contributed by atoms with Gasteiger partial charge in [0.1, 0.15) is 5.75 Å². The third-order valence-electron chi connectivity index (χ3n) is 2.87. The van der Waals surface area contributed by atoms with E-state index in [4.69, 9.17) is 4.74 Å². The Hall–Kier alpha value is -2.00. The lowest BCUT2D eigenvalue weighted by molar-refractivity contribution is 0.403. The molecule has 0 fully saturated rings. The van der Waals surface area contributed by atoms with E-state index >= 15 is 0 Å². The Labute approximate surface area is 114 Å². The van der Waals surface area contributed by atoms with Gasteiger partial charge in [0.15, 0.2) is 0 Å². The Bertz CT molecular complexity index is 521. The SMILES string of the molecule is COc1ccc(Nc2ccccc2CN(C)C)cc1. The molecule has 0 heterocycles. The summed E-state index contributed by atoms with van der Waals surface area (Å²) in [5.41, 5.74) is 3.48. The first-order valence-electron chi connectivity index (χ1n) is 6.33. The van der Waals surface area contributed by atoms with Crippen molar-refractivity contribution in [1.29, 1.82) is 0 Å². The highest BCUT2D eigenvalue weighted by atomic mass is 16.5. The van der Waals surface area contributed by atoms with Crippen molar-refractivity contribution in [3.05, 3.63) is 54.1 Å². The fraction of sp³-hybridized carbons (Fsp3) is 0.250. The molecule has 0 aromatic heterocycles. The molecule has 2 aromatic rings. The van der Waals surface area contributed by atoms with E-state index in [-0.39, 0.29) is 0 Å². The third-order valence-corrected chi connectivity index (χ3v) is 2.87. The van der Waals surface area contributed by atoms with Crippen LogP contribution in [0.3, 0.4) is 0 Å². The second-order valence-corrected chi connectivity index (χ2v) is 4.75. The maximum absolute atomic E-state index is 5.16. The minimum Gasteiger partial charge on any atom is -0.497 e. The van der Waals surface area contributed by atoms with E-state index in [9.17, 15) is 0 Å². The predicted octanol–water partition coefficient (Wildman–Crippen LogP) is 3.50. The predicted molar refractivity (Wildman–Crippen MR) is 80.1 cm³/mol. The van der Waals surface area contributed by atoms with Crippen LogP contribution in [-0.2, 0) is 6.54 Å². The molecule has 3 nitrogen and oxygen atoms in total. The molecule has 0 aliphatic rings. The Morgan fingerprint density at radius 3 is 2.32 bits per heavy atom. The zero-order chi connectivity index (χ0) is 13.7. The minimum atomic E-state index is 0.868. The van der Waals surface area contributed by atoms with Gasteiger partial charge < -0.3 is 15.0 Å². The molecule has 0 spiro atoms. The first kappa shape index (κ1) is 13.4. The van der Waals surface area contributed by atoms with Crippen LogP contribution in [0.4, 0.5) is 11.4 Å². The standard InChI is InChI=1S/C16H20N2O/c1-18(2)12-13-6-4-5-7-16(13)17-14-8-10-15(19-3)11-9-14/h4-11,17H,12H2,1-3H3. The van der Waals surface area contributed by atoms with Gasteiger partial charge in [-0.05, 0) is 50.0 Å². The maximum Gasteiger partial charge on any atom is 0.119 e. The number of anilines is 2. The summed E-state index contributed by atoms with van der Waals surface area (Å²) in [5, 5.41) is 3.45. The lowest BCUT2D eigenvalue weighted by atomic mass is 10.1. The van der Waals surface area contributed by atoms with E-state index in [0.717, 1.165) is 23.7 Å². The molecule has 0 unspecified atom stereocenters. The Morgan fingerprint density at radius 2 is 1.68 bits per heavy atom. The van der Waals surface area contributed by atoms with Crippen molar-refractivity contribution >= 4 is 11.4 Å². The monoisotopic (exact) mass is 256 g/mol. The molecule has 0 aliphatic heterocycles. The Morgan fingerprint density at radius 1 is 1.00 bits per heavy atom. The number of nitrogens with one attached hydrogen (secondary N) is 1. The summed E-state index contributed by atoms with van der Waals surface area (Å²) in [7, 11) is 5.82. The van der Waals surface area contributed by atoms with E-state index in [1.54, 1.807) is 7.11 Å². The van der Waals surface area contributed by atoms with Crippen LogP contribution in [0.5, 0.6) is 5.75 Å². The number of hydrogen-bond acceptors (Lipinski definition) is 3. The summed E-state index contributed by atoms with van der Waals surface area (Å²) < 4.78 is 5.16. The summed E-state index contributed by atoms with van der Waals surface area (Å²) in [4.78, 5) is 2.16. The van der Waals surface area contributed by atoms with Crippen molar-refractivity contribution < 1.29 is 4.74 Å². The first-order chi connectivity index (χ1) is 9.19. The van der Waals surface area contributed by atoms with Crippen LogP contribution in [0.1, 0.15) is 5.56 Å². The lowest BCUT2D eigenvalue weighted by Gasteiger charge is -2.15. The normalized spacial score (nSPS) is 10.5. The van der Waals surface area contributed by atoms with Crippen molar-refractivity contribution in [3.8, 4) is 5.75 Å². The molecule has 0 saturated carbocycles. The van der Waals surface area contributed by atoms with Gasteiger partial charge in [-0.15, -0.1) is 0 Å². The molecular formula is C16H20N2O. The largest absolute Gasteiger partial charge is 0.497 e. The van der Waals surface area contributed by atoms with Crippen LogP contribution >= 0.6 is 0 Å². The Balaban J connectivity index is 2.17. The van der Waals surface area contributed by atoms with Gasteiger partial charge in [-0.2, -0.15) is 0 Å². The summed E-state index contributed by atoms with van der Waals surface area (Å²) in [6.45, 7) is 0.916. The van der Waals surface area contributed by atoms with E-state index in [1.165, 1.54) is 5.56 Å². The number of para-hydroxylation sites is 1. The average Bonchev–Trinajstić information content (AvgIpc) is 2.41. The van der Waals surface area contributed by atoms with Gasteiger partial charge in [-0.1, -0.05) is 18.2 Å². The fourth-order valence-electron chi connectivity index (χ4n) is 1.95. The van der Waals surface area contributed by atoms with Crippen LogP contribution in [0, 0.1) is 0 Å². The van der Waals surface area contributed by atoms with Gasteiger partial charge in [0.05, 0.1) is 7.11 Å². The molecule has 0 atom stereocenters. The van der Waals surface area contributed by atoms with Crippen LogP contribution in [0.2, 0.25) is 0 Å². The number of nitrogens with zero attached hydrogens (tertiary/aromatic N) is 1.